The Hall–Kier alpha value is -1.06. The lowest BCUT2D eigenvalue weighted by atomic mass is 10.1. The Labute approximate surface area is 182 Å². The minimum atomic E-state index is 0. The molecule has 1 aromatic rings. The molecule has 1 rings (SSSR count). The summed E-state index contributed by atoms with van der Waals surface area (Å²) < 4.78 is 10.8. The summed E-state index contributed by atoms with van der Waals surface area (Å²) in [5.74, 6) is 1.79. The van der Waals surface area contributed by atoms with Gasteiger partial charge in [0.15, 0.2) is 5.96 Å². The highest BCUT2D eigenvalue weighted by atomic mass is 127. The second-order valence-corrected chi connectivity index (χ2v) is 6.32. The fourth-order valence-corrected chi connectivity index (χ4v) is 2.51. The second kappa shape index (κ2) is 17.1. The van der Waals surface area contributed by atoms with Gasteiger partial charge >= 0.3 is 0 Å². The molecule has 0 fully saturated rings. The highest BCUT2D eigenvalue weighted by Crippen LogP contribution is 2.13. The van der Waals surface area contributed by atoms with Crippen LogP contribution in [0.25, 0.3) is 0 Å². The van der Waals surface area contributed by atoms with Crippen LogP contribution in [0.1, 0.15) is 25.3 Å². The highest BCUT2D eigenvalue weighted by Gasteiger charge is 2.01. The fraction of sp³-hybridized carbons (Fsp3) is 0.650. The number of rotatable bonds is 13. The van der Waals surface area contributed by atoms with Crippen molar-refractivity contribution >= 4 is 29.9 Å². The Morgan fingerprint density at radius 1 is 1.15 bits per heavy atom. The minimum absolute atomic E-state index is 0. The standard InChI is InChI=1S/C20H36N4O2.HI/c1-5-15-26-19-9-6-8-18(17-19)10-11-22-20(21-2)23-12-14-24(3)13-7-16-25-4;/h6,8-9,17H,5,7,10-16H2,1-4H3,(H2,21,22,23);1H. The van der Waals surface area contributed by atoms with Crippen LogP contribution in [-0.4, -0.2) is 71.5 Å². The monoisotopic (exact) mass is 492 g/mol. The minimum Gasteiger partial charge on any atom is -0.494 e. The van der Waals surface area contributed by atoms with Crippen molar-refractivity contribution in [3.8, 4) is 5.75 Å². The van der Waals surface area contributed by atoms with Crippen LogP contribution in [0.5, 0.6) is 5.75 Å². The van der Waals surface area contributed by atoms with Gasteiger partial charge in [-0.05, 0) is 44.0 Å². The summed E-state index contributed by atoms with van der Waals surface area (Å²) in [6.07, 6.45) is 3.01. The lowest BCUT2D eigenvalue weighted by Crippen LogP contribution is -2.41. The first-order valence-corrected chi connectivity index (χ1v) is 9.53. The van der Waals surface area contributed by atoms with Gasteiger partial charge in [-0.2, -0.15) is 0 Å². The topological polar surface area (TPSA) is 58.1 Å². The van der Waals surface area contributed by atoms with Crippen molar-refractivity contribution < 1.29 is 9.47 Å². The molecule has 0 saturated carbocycles. The third-order valence-electron chi connectivity index (χ3n) is 3.98. The molecule has 1 aromatic carbocycles. The van der Waals surface area contributed by atoms with E-state index in [1.54, 1.807) is 14.2 Å². The molecule has 0 heterocycles. The number of nitrogens with one attached hydrogen (secondary N) is 2. The average molecular weight is 492 g/mol. The zero-order chi connectivity index (χ0) is 19.0. The zero-order valence-corrected chi connectivity index (χ0v) is 19.6. The Morgan fingerprint density at radius 2 is 1.93 bits per heavy atom. The van der Waals surface area contributed by atoms with Crippen molar-refractivity contribution in [3.05, 3.63) is 29.8 Å². The van der Waals surface area contributed by atoms with Crippen molar-refractivity contribution in [1.82, 2.24) is 15.5 Å². The van der Waals surface area contributed by atoms with Crippen LogP contribution >= 0.6 is 24.0 Å². The van der Waals surface area contributed by atoms with E-state index in [-0.39, 0.29) is 24.0 Å². The number of aliphatic imine (C=N–C) groups is 1. The number of hydrogen-bond acceptors (Lipinski definition) is 4. The predicted octanol–water partition coefficient (Wildman–Crippen LogP) is 2.77. The molecule has 0 bridgehead atoms. The molecular formula is C20H37IN4O2. The van der Waals surface area contributed by atoms with Crippen LogP contribution in [0.2, 0.25) is 0 Å². The molecule has 0 radical (unpaired) electrons. The Morgan fingerprint density at radius 3 is 2.63 bits per heavy atom. The fourth-order valence-electron chi connectivity index (χ4n) is 2.51. The van der Waals surface area contributed by atoms with E-state index in [9.17, 15) is 0 Å². The summed E-state index contributed by atoms with van der Waals surface area (Å²) in [6.45, 7) is 7.40. The molecule has 7 heteroatoms. The number of ether oxygens (including phenoxy) is 2. The van der Waals surface area contributed by atoms with Crippen LogP contribution < -0.4 is 15.4 Å². The van der Waals surface area contributed by atoms with Crippen molar-refractivity contribution in [1.29, 1.82) is 0 Å². The van der Waals surface area contributed by atoms with Crippen LogP contribution in [0, 0.1) is 0 Å². The van der Waals surface area contributed by atoms with E-state index < -0.39 is 0 Å². The summed E-state index contributed by atoms with van der Waals surface area (Å²) in [4.78, 5) is 6.57. The quantitative estimate of drug-likeness (QED) is 0.192. The van der Waals surface area contributed by atoms with Gasteiger partial charge in [-0.3, -0.25) is 4.99 Å². The van der Waals surface area contributed by atoms with Crippen LogP contribution in [0.4, 0.5) is 0 Å². The smallest absolute Gasteiger partial charge is 0.191 e. The molecule has 0 unspecified atom stereocenters. The molecule has 0 aliphatic carbocycles. The first kappa shape index (κ1) is 25.9. The molecule has 2 N–H and O–H groups in total. The van der Waals surface area contributed by atoms with Crippen LogP contribution in [0.15, 0.2) is 29.3 Å². The lowest BCUT2D eigenvalue weighted by Gasteiger charge is -2.18. The van der Waals surface area contributed by atoms with Gasteiger partial charge in [-0.1, -0.05) is 19.1 Å². The van der Waals surface area contributed by atoms with E-state index in [1.807, 2.05) is 12.1 Å². The maximum atomic E-state index is 5.69. The number of guanidine groups is 1. The normalized spacial score (nSPS) is 11.2. The molecule has 0 aliphatic rings. The van der Waals surface area contributed by atoms with Gasteiger partial charge in [-0.15, -0.1) is 24.0 Å². The third-order valence-corrected chi connectivity index (χ3v) is 3.98. The van der Waals surface area contributed by atoms with E-state index in [0.717, 1.165) is 70.4 Å². The van der Waals surface area contributed by atoms with Gasteiger partial charge in [0.25, 0.3) is 0 Å². The zero-order valence-electron chi connectivity index (χ0n) is 17.3. The van der Waals surface area contributed by atoms with Gasteiger partial charge in [0.2, 0.25) is 0 Å². The maximum absolute atomic E-state index is 5.69. The van der Waals surface area contributed by atoms with E-state index in [0.29, 0.717) is 0 Å². The van der Waals surface area contributed by atoms with Gasteiger partial charge < -0.3 is 25.0 Å². The van der Waals surface area contributed by atoms with E-state index in [4.69, 9.17) is 9.47 Å². The van der Waals surface area contributed by atoms with Crippen molar-refractivity contribution in [2.75, 3.05) is 60.6 Å². The molecular weight excluding hydrogens is 455 g/mol. The number of likely N-dealkylation sites (N-methyl/N-ethyl adjacent to an activating group) is 1. The largest absolute Gasteiger partial charge is 0.494 e. The summed E-state index contributed by atoms with van der Waals surface area (Å²) in [6, 6.07) is 8.30. The molecule has 156 valence electrons. The van der Waals surface area contributed by atoms with E-state index in [2.05, 4.69) is 46.6 Å². The van der Waals surface area contributed by atoms with Gasteiger partial charge in [0, 0.05) is 46.9 Å². The number of nitrogens with zero attached hydrogens (tertiary/aromatic N) is 2. The SMILES string of the molecule is CCCOc1cccc(CCNC(=NC)NCCN(C)CCCOC)c1.I. The maximum Gasteiger partial charge on any atom is 0.191 e. The van der Waals surface area contributed by atoms with Gasteiger partial charge in [-0.25, -0.2) is 0 Å². The first-order valence-electron chi connectivity index (χ1n) is 9.53. The van der Waals surface area contributed by atoms with E-state index in [1.165, 1.54) is 5.56 Å². The Bertz CT molecular complexity index is 515. The molecule has 0 spiro atoms. The summed E-state index contributed by atoms with van der Waals surface area (Å²) in [7, 11) is 5.67. The Balaban J connectivity index is 0.00000676. The lowest BCUT2D eigenvalue weighted by molar-refractivity contribution is 0.180. The summed E-state index contributed by atoms with van der Waals surface area (Å²) >= 11 is 0. The molecule has 0 aromatic heterocycles. The Kier molecular flexibility index (Phi) is 16.4. The summed E-state index contributed by atoms with van der Waals surface area (Å²) in [5.41, 5.74) is 1.26. The molecule has 0 amide bonds. The van der Waals surface area contributed by atoms with Gasteiger partial charge in [0.1, 0.15) is 5.75 Å². The number of methoxy groups -OCH3 is 1. The third kappa shape index (κ3) is 12.9. The second-order valence-electron chi connectivity index (χ2n) is 6.32. The number of halogens is 1. The van der Waals surface area contributed by atoms with Crippen molar-refractivity contribution in [2.45, 2.75) is 26.2 Å². The molecule has 0 aliphatic heterocycles. The van der Waals surface area contributed by atoms with Crippen molar-refractivity contribution in [3.63, 3.8) is 0 Å². The van der Waals surface area contributed by atoms with Gasteiger partial charge in [0.05, 0.1) is 6.61 Å². The van der Waals surface area contributed by atoms with Crippen LogP contribution in [0.3, 0.4) is 0 Å². The van der Waals surface area contributed by atoms with E-state index >= 15 is 0 Å². The first-order chi connectivity index (χ1) is 12.7. The number of hydrogen-bond donors (Lipinski definition) is 2. The average Bonchev–Trinajstić information content (AvgIpc) is 2.65. The molecule has 27 heavy (non-hydrogen) atoms. The van der Waals surface area contributed by atoms with Crippen LogP contribution in [-0.2, 0) is 11.2 Å². The molecule has 6 nitrogen and oxygen atoms in total. The molecule has 0 atom stereocenters. The predicted molar refractivity (Wildman–Crippen MR) is 125 cm³/mol. The highest BCUT2D eigenvalue weighted by molar-refractivity contribution is 14.0. The molecule has 0 saturated heterocycles. The number of benzene rings is 1. The summed E-state index contributed by atoms with van der Waals surface area (Å²) in [5, 5.41) is 6.72. The van der Waals surface area contributed by atoms with Crippen molar-refractivity contribution in [2.24, 2.45) is 4.99 Å².